The van der Waals surface area contributed by atoms with Crippen molar-refractivity contribution in [2.24, 2.45) is 0 Å². The topological polar surface area (TPSA) is 122 Å². The number of hydrogen-bond donors (Lipinski definition) is 2. The lowest BCUT2D eigenvalue weighted by atomic mass is 10.2. The third kappa shape index (κ3) is 4.69. The number of nitrogens with one attached hydrogen (secondary N) is 2. The van der Waals surface area contributed by atoms with Crippen molar-refractivity contribution in [3.05, 3.63) is 59.1 Å². The normalized spacial score (nSPS) is 18.5. The second-order valence-electron chi connectivity index (χ2n) is 7.00. The van der Waals surface area contributed by atoms with Gasteiger partial charge in [-0.25, -0.2) is 26.5 Å². The molecular weight excluding hydrogens is 446 g/mol. The molecule has 2 N–H and O–H groups in total. The fourth-order valence-corrected chi connectivity index (χ4v) is 7.17. The van der Waals surface area contributed by atoms with Gasteiger partial charge in [0.05, 0.1) is 33.2 Å². The zero-order valence-electron chi connectivity index (χ0n) is 15.7. The van der Waals surface area contributed by atoms with Gasteiger partial charge in [0.2, 0.25) is 10.0 Å². The number of para-hydroxylation sites is 1. The Morgan fingerprint density at radius 2 is 1.87 bits per heavy atom. The number of carbonyl (C=O) groups is 1. The number of thiazole rings is 1. The lowest BCUT2D eigenvalue weighted by Crippen LogP contribution is -2.35. The second kappa shape index (κ2) is 8.06. The van der Waals surface area contributed by atoms with Crippen molar-refractivity contribution in [1.29, 1.82) is 0 Å². The Balaban J connectivity index is 1.39. The molecule has 1 atom stereocenters. The van der Waals surface area contributed by atoms with Gasteiger partial charge < -0.3 is 5.32 Å². The molecule has 1 fully saturated rings. The van der Waals surface area contributed by atoms with Crippen molar-refractivity contribution in [2.75, 3.05) is 11.5 Å². The van der Waals surface area contributed by atoms with E-state index in [4.69, 9.17) is 0 Å². The zero-order chi connectivity index (χ0) is 21.4. The minimum Gasteiger partial charge on any atom is -0.346 e. The first-order chi connectivity index (χ1) is 14.2. The van der Waals surface area contributed by atoms with Crippen molar-refractivity contribution in [1.82, 2.24) is 15.0 Å². The molecule has 2 heterocycles. The molecule has 3 aromatic rings. The predicted octanol–water partition coefficient (Wildman–Crippen LogP) is 1.69. The lowest BCUT2D eigenvalue weighted by Gasteiger charge is -2.12. The number of hydrogen-bond acceptors (Lipinski definition) is 7. The molecular formula is C19H19N3O5S3. The number of carbonyl (C=O) groups excluding carboxylic acids is 1. The molecule has 0 spiro atoms. The van der Waals surface area contributed by atoms with E-state index in [1.807, 2.05) is 24.3 Å². The first-order valence-electron chi connectivity index (χ1n) is 9.17. The molecule has 1 aromatic heterocycles. The van der Waals surface area contributed by atoms with Crippen molar-refractivity contribution in [2.45, 2.75) is 23.9 Å². The molecule has 0 unspecified atom stereocenters. The summed E-state index contributed by atoms with van der Waals surface area (Å²) in [6, 6.07) is 12.6. The van der Waals surface area contributed by atoms with Crippen LogP contribution in [0.15, 0.2) is 53.4 Å². The maximum atomic E-state index is 12.5. The molecule has 30 heavy (non-hydrogen) atoms. The van der Waals surface area contributed by atoms with Crippen LogP contribution in [-0.4, -0.2) is 45.3 Å². The third-order valence-electron chi connectivity index (χ3n) is 4.72. The number of sulfone groups is 1. The van der Waals surface area contributed by atoms with Crippen molar-refractivity contribution in [3.8, 4) is 0 Å². The van der Waals surface area contributed by atoms with Crippen LogP contribution in [-0.2, 0) is 26.4 Å². The van der Waals surface area contributed by atoms with Crippen LogP contribution in [0, 0.1) is 0 Å². The molecule has 158 valence electrons. The van der Waals surface area contributed by atoms with Gasteiger partial charge in [-0.15, -0.1) is 11.3 Å². The highest BCUT2D eigenvalue weighted by atomic mass is 32.2. The number of amides is 1. The van der Waals surface area contributed by atoms with Gasteiger partial charge in [-0.3, -0.25) is 4.79 Å². The summed E-state index contributed by atoms with van der Waals surface area (Å²) in [4.78, 5) is 16.8. The Labute approximate surface area is 178 Å². The Kier molecular flexibility index (Phi) is 5.62. The molecule has 11 heteroatoms. The Morgan fingerprint density at radius 3 is 2.53 bits per heavy atom. The SMILES string of the molecule is O=C(NCc1nc2ccccc2s1)c1ccc(S(=O)(=O)N[C@@H]2CCS(=O)(=O)C2)cc1. The van der Waals surface area contributed by atoms with Crippen molar-refractivity contribution < 1.29 is 21.6 Å². The number of aromatic nitrogens is 1. The summed E-state index contributed by atoms with van der Waals surface area (Å²) in [5, 5.41) is 3.56. The van der Waals surface area contributed by atoms with Crippen LogP contribution in [0.2, 0.25) is 0 Å². The Bertz CT molecular complexity index is 1270. The van der Waals surface area contributed by atoms with E-state index >= 15 is 0 Å². The van der Waals surface area contributed by atoms with E-state index in [-0.39, 0.29) is 35.3 Å². The fraction of sp³-hybridized carbons (Fsp3) is 0.263. The van der Waals surface area contributed by atoms with E-state index < -0.39 is 25.9 Å². The summed E-state index contributed by atoms with van der Waals surface area (Å²) in [5.74, 6) is -0.556. The third-order valence-corrected chi connectivity index (χ3v) is 9.06. The number of sulfonamides is 1. The summed E-state index contributed by atoms with van der Waals surface area (Å²) in [5.41, 5.74) is 1.20. The van der Waals surface area contributed by atoms with Crippen LogP contribution in [0.5, 0.6) is 0 Å². The maximum absolute atomic E-state index is 12.5. The smallest absolute Gasteiger partial charge is 0.251 e. The Hall–Kier alpha value is -2.34. The van der Waals surface area contributed by atoms with E-state index in [1.54, 1.807) is 0 Å². The van der Waals surface area contributed by atoms with E-state index in [0.29, 0.717) is 5.56 Å². The highest BCUT2D eigenvalue weighted by Crippen LogP contribution is 2.21. The summed E-state index contributed by atoms with van der Waals surface area (Å²) in [7, 11) is -7.05. The average molecular weight is 466 g/mol. The van der Waals surface area contributed by atoms with Gasteiger partial charge in [-0.2, -0.15) is 0 Å². The number of benzene rings is 2. The van der Waals surface area contributed by atoms with Gasteiger partial charge >= 0.3 is 0 Å². The molecule has 1 aliphatic rings. The molecule has 0 bridgehead atoms. The van der Waals surface area contributed by atoms with Gasteiger partial charge in [0.25, 0.3) is 5.91 Å². The van der Waals surface area contributed by atoms with E-state index in [0.717, 1.165) is 15.2 Å². The van der Waals surface area contributed by atoms with Crippen LogP contribution in [0.25, 0.3) is 10.2 Å². The molecule has 0 radical (unpaired) electrons. The molecule has 2 aromatic carbocycles. The summed E-state index contributed by atoms with van der Waals surface area (Å²) in [6.45, 7) is 0.274. The number of nitrogens with zero attached hydrogens (tertiary/aromatic N) is 1. The average Bonchev–Trinajstić information content (AvgIpc) is 3.27. The van der Waals surface area contributed by atoms with Gasteiger partial charge in [0, 0.05) is 11.6 Å². The highest BCUT2D eigenvalue weighted by molar-refractivity contribution is 7.92. The monoisotopic (exact) mass is 465 g/mol. The van der Waals surface area contributed by atoms with Crippen molar-refractivity contribution in [3.63, 3.8) is 0 Å². The molecule has 1 amide bonds. The molecule has 1 saturated heterocycles. The number of fused-ring (bicyclic) bond motifs is 1. The molecule has 1 aliphatic heterocycles. The van der Waals surface area contributed by atoms with Gasteiger partial charge in [0.15, 0.2) is 9.84 Å². The lowest BCUT2D eigenvalue weighted by molar-refractivity contribution is 0.0950. The van der Waals surface area contributed by atoms with Crippen LogP contribution >= 0.6 is 11.3 Å². The quantitative estimate of drug-likeness (QED) is 0.571. The zero-order valence-corrected chi connectivity index (χ0v) is 18.2. The molecule has 4 rings (SSSR count). The minimum atomic E-state index is -3.86. The van der Waals surface area contributed by atoms with Crippen LogP contribution < -0.4 is 10.0 Å². The van der Waals surface area contributed by atoms with Crippen LogP contribution in [0.4, 0.5) is 0 Å². The first kappa shape index (κ1) is 20.9. The summed E-state index contributed by atoms with van der Waals surface area (Å²) in [6.07, 6.45) is 0.258. The van der Waals surface area contributed by atoms with Crippen molar-refractivity contribution >= 4 is 47.3 Å². The molecule has 0 aliphatic carbocycles. The van der Waals surface area contributed by atoms with Gasteiger partial charge in [0.1, 0.15) is 5.01 Å². The maximum Gasteiger partial charge on any atom is 0.251 e. The summed E-state index contributed by atoms with van der Waals surface area (Å²) >= 11 is 1.50. The summed E-state index contributed by atoms with van der Waals surface area (Å²) < 4.78 is 51.4. The Morgan fingerprint density at radius 1 is 1.13 bits per heavy atom. The van der Waals surface area contributed by atoms with E-state index in [1.165, 1.54) is 35.6 Å². The van der Waals surface area contributed by atoms with Crippen LogP contribution in [0.1, 0.15) is 21.8 Å². The standard InChI is InChI=1S/C19H19N3O5S3/c23-19(20-11-18-21-16-3-1-2-4-17(16)28-18)13-5-7-15(8-6-13)30(26,27)22-14-9-10-29(24,25)12-14/h1-8,14,22H,9-12H2,(H,20,23)/t14-/m1/s1. The largest absolute Gasteiger partial charge is 0.346 e. The first-order valence-corrected chi connectivity index (χ1v) is 13.3. The molecule has 0 saturated carbocycles. The highest BCUT2D eigenvalue weighted by Gasteiger charge is 2.31. The van der Waals surface area contributed by atoms with Crippen LogP contribution in [0.3, 0.4) is 0 Å². The van der Waals surface area contributed by atoms with Gasteiger partial charge in [-0.1, -0.05) is 12.1 Å². The van der Waals surface area contributed by atoms with Gasteiger partial charge in [-0.05, 0) is 42.8 Å². The van der Waals surface area contributed by atoms with E-state index in [2.05, 4.69) is 15.0 Å². The second-order valence-corrected chi connectivity index (χ2v) is 12.1. The van der Waals surface area contributed by atoms with E-state index in [9.17, 15) is 21.6 Å². The number of rotatable bonds is 6. The fourth-order valence-electron chi connectivity index (χ4n) is 3.21. The molecule has 8 nitrogen and oxygen atoms in total. The predicted molar refractivity (Wildman–Crippen MR) is 115 cm³/mol. The minimum absolute atomic E-state index is 0.0190.